The lowest BCUT2D eigenvalue weighted by atomic mass is 10.1. The molecule has 0 aliphatic carbocycles. The van der Waals surface area contributed by atoms with Crippen LogP contribution in [0.5, 0.6) is 5.75 Å². The Balaban J connectivity index is 2.34. The summed E-state index contributed by atoms with van der Waals surface area (Å²) < 4.78 is 15.5. The highest BCUT2D eigenvalue weighted by molar-refractivity contribution is 5.95. The lowest BCUT2D eigenvalue weighted by Crippen LogP contribution is -2.47. The number of amides is 1. The maximum atomic E-state index is 12.5. The predicted molar refractivity (Wildman–Crippen MR) is 90.8 cm³/mol. The Morgan fingerprint density at radius 1 is 1.12 bits per heavy atom. The molecule has 0 spiro atoms. The van der Waals surface area contributed by atoms with Crippen molar-refractivity contribution >= 4 is 23.4 Å². The minimum absolute atomic E-state index is 0.110. The lowest BCUT2D eigenvalue weighted by Gasteiger charge is -2.37. The van der Waals surface area contributed by atoms with Crippen molar-refractivity contribution in [2.75, 3.05) is 43.7 Å². The van der Waals surface area contributed by atoms with Crippen LogP contribution in [0.3, 0.4) is 0 Å². The zero-order valence-corrected chi connectivity index (χ0v) is 14.8. The number of anilines is 2. The van der Waals surface area contributed by atoms with E-state index in [-0.39, 0.29) is 12.5 Å². The molecule has 0 atom stereocenters. The van der Waals surface area contributed by atoms with Crippen LogP contribution in [0.2, 0.25) is 0 Å². The molecule has 0 N–H and O–H groups in total. The molecule has 1 heterocycles. The van der Waals surface area contributed by atoms with Gasteiger partial charge in [0.2, 0.25) is 0 Å². The summed E-state index contributed by atoms with van der Waals surface area (Å²) in [6.07, 6.45) is -0.411. The first-order valence-electron chi connectivity index (χ1n) is 7.75. The predicted octanol–water partition coefficient (Wildman–Crippen LogP) is 2.43. The van der Waals surface area contributed by atoms with Crippen LogP contribution in [-0.4, -0.2) is 51.5 Å². The molecule has 0 unspecified atom stereocenters. The summed E-state index contributed by atoms with van der Waals surface area (Å²) in [4.78, 5) is 27.6. The van der Waals surface area contributed by atoms with E-state index in [0.29, 0.717) is 24.5 Å². The van der Waals surface area contributed by atoms with E-state index in [4.69, 9.17) is 14.2 Å². The zero-order valence-electron chi connectivity index (χ0n) is 14.8. The number of fused-ring (bicyclic) bond motifs is 1. The second-order valence-corrected chi connectivity index (χ2v) is 6.48. The fourth-order valence-corrected chi connectivity index (χ4v) is 2.46. The highest BCUT2D eigenvalue weighted by atomic mass is 16.6. The van der Waals surface area contributed by atoms with Crippen molar-refractivity contribution < 1.29 is 23.8 Å². The van der Waals surface area contributed by atoms with Gasteiger partial charge in [-0.3, -0.25) is 9.69 Å². The van der Waals surface area contributed by atoms with Crippen molar-refractivity contribution in [2.24, 2.45) is 0 Å². The molecule has 1 aromatic rings. The molecule has 0 fully saturated rings. The minimum atomic E-state index is -0.577. The molecule has 7 nitrogen and oxygen atoms in total. The first kappa shape index (κ1) is 17.9. The van der Waals surface area contributed by atoms with Gasteiger partial charge in [-0.2, -0.15) is 0 Å². The first-order valence-corrected chi connectivity index (χ1v) is 7.75. The van der Waals surface area contributed by atoms with Gasteiger partial charge in [-0.05, 0) is 32.9 Å². The van der Waals surface area contributed by atoms with E-state index in [1.54, 1.807) is 30.2 Å². The van der Waals surface area contributed by atoms with Crippen molar-refractivity contribution in [3.05, 3.63) is 18.2 Å². The molecule has 1 aliphatic rings. The van der Waals surface area contributed by atoms with Crippen LogP contribution in [0, 0.1) is 0 Å². The van der Waals surface area contributed by atoms with E-state index >= 15 is 0 Å². The monoisotopic (exact) mass is 336 g/mol. The summed E-state index contributed by atoms with van der Waals surface area (Å²) in [6, 6.07) is 5.37. The molecular weight excluding hydrogens is 312 g/mol. The number of carbonyl (C=O) groups excluding carboxylic acids is 2. The second kappa shape index (κ2) is 6.98. The van der Waals surface area contributed by atoms with Gasteiger partial charge in [0.15, 0.2) is 0 Å². The molecule has 0 aromatic heterocycles. The van der Waals surface area contributed by atoms with E-state index in [1.807, 2.05) is 25.7 Å². The molecule has 24 heavy (non-hydrogen) atoms. The maximum absolute atomic E-state index is 12.5. The quantitative estimate of drug-likeness (QED) is 0.790. The fraction of sp³-hybridized carbons (Fsp3) is 0.529. The summed E-state index contributed by atoms with van der Waals surface area (Å²) in [5.74, 6) is 0.309. The van der Waals surface area contributed by atoms with Crippen molar-refractivity contribution in [3.8, 4) is 5.75 Å². The van der Waals surface area contributed by atoms with Gasteiger partial charge < -0.3 is 19.1 Å². The lowest BCUT2D eigenvalue weighted by molar-refractivity contribution is -0.138. The molecule has 0 bridgehead atoms. The molecule has 0 saturated heterocycles. The smallest absolute Gasteiger partial charge is 0.414 e. The zero-order chi connectivity index (χ0) is 17.9. The van der Waals surface area contributed by atoms with E-state index in [9.17, 15) is 9.59 Å². The van der Waals surface area contributed by atoms with Crippen LogP contribution in [-0.2, 0) is 14.3 Å². The third-order valence-corrected chi connectivity index (χ3v) is 3.57. The number of hydrogen-bond donors (Lipinski definition) is 0. The Labute approximate surface area is 142 Å². The second-order valence-electron chi connectivity index (χ2n) is 6.48. The van der Waals surface area contributed by atoms with Gasteiger partial charge in [0.25, 0.3) is 0 Å². The van der Waals surface area contributed by atoms with Crippen LogP contribution >= 0.6 is 0 Å². The van der Waals surface area contributed by atoms with Gasteiger partial charge in [-0.15, -0.1) is 0 Å². The number of hydrogen-bond acceptors (Lipinski definition) is 6. The third kappa shape index (κ3) is 4.10. The van der Waals surface area contributed by atoms with Crippen LogP contribution in [0.1, 0.15) is 20.8 Å². The molecule has 1 aromatic carbocycles. The van der Waals surface area contributed by atoms with E-state index < -0.39 is 11.7 Å². The van der Waals surface area contributed by atoms with Crippen molar-refractivity contribution in [2.45, 2.75) is 26.4 Å². The standard InChI is InChI=1S/C17H24N2O5/c1-17(2,3)24-16(21)19-9-8-18(11-15(20)23-5)14-10-12(22-4)6-7-13(14)19/h6-7,10H,8-9,11H2,1-5H3. The van der Waals surface area contributed by atoms with Gasteiger partial charge >= 0.3 is 12.1 Å². The van der Waals surface area contributed by atoms with Gasteiger partial charge in [0.1, 0.15) is 17.9 Å². The Bertz CT molecular complexity index is 624. The maximum Gasteiger partial charge on any atom is 0.414 e. The Kier molecular flexibility index (Phi) is 5.21. The highest BCUT2D eigenvalue weighted by Crippen LogP contribution is 2.36. The van der Waals surface area contributed by atoms with Gasteiger partial charge in [-0.25, -0.2) is 4.79 Å². The minimum Gasteiger partial charge on any atom is -0.497 e. The normalized spacial score (nSPS) is 14.0. The molecule has 1 amide bonds. The molecule has 1 aliphatic heterocycles. The number of ether oxygens (including phenoxy) is 3. The number of esters is 1. The third-order valence-electron chi connectivity index (χ3n) is 3.57. The molecule has 0 radical (unpaired) electrons. The SMILES string of the molecule is COC(=O)CN1CCN(C(=O)OC(C)(C)C)c2ccc(OC)cc21. The molecular formula is C17H24N2O5. The summed E-state index contributed by atoms with van der Waals surface area (Å²) in [6.45, 7) is 6.51. The molecule has 132 valence electrons. The Morgan fingerprint density at radius 2 is 1.83 bits per heavy atom. The topological polar surface area (TPSA) is 68.3 Å². The summed E-state index contributed by atoms with van der Waals surface area (Å²) >= 11 is 0. The van der Waals surface area contributed by atoms with Gasteiger partial charge in [0, 0.05) is 19.2 Å². The fourth-order valence-electron chi connectivity index (χ4n) is 2.46. The number of methoxy groups -OCH3 is 2. The van der Waals surface area contributed by atoms with Crippen molar-refractivity contribution in [3.63, 3.8) is 0 Å². The summed E-state index contributed by atoms with van der Waals surface area (Å²) in [5.41, 5.74) is 0.837. The van der Waals surface area contributed by atoms with E-state index in [1.165, 1.54) is 7.11 Å². The average Bonchev–Trinajstić information content (AvgIpc) is 2.52. The van der Waals surface area contributed by atoms with Crippen molar-refractivity contribution in [1.29, 1.82) is 0 Å². The summed E-state index contributed by atoms with van der Waals surface area (Å²) in [7, 11) is 2.92. The highest BCUT2D eigenvalue weighted by Gasteiger charge is 2.31. The average molecular weight is 336 g/mol. The largest absolute Gasteiger partial charge is 0.497 e. The Morgan fingerprint density at radius 3 is 2.42 bits per heavy atom. The van der Waals surface area contributed by atoms with Crippen LogP contribution in [0.25, 0.3) is 0 Å². The molecule has 2 rings (SSSR count). The number of nitrogens with zero attached hydrogens (tertiary/aromatic N) is 2. The van der Waals surface area contributed by atoms with E-state index in [2.05, 4.69) is 0 Å². The van der Waals surface area contributed by atoms with Crippen LogP contribution < -0.4 is 14.5 Å². The van der Waals surface area contributed by atoms with Crippen LogP contribution in [0.4, 0.5) is 16.2 Å². The van der Waals surface area contributed by atoms with Gasteiger partial charge in [-0.1, -0.05) is 0 Å². The van der Waals surface area contributed by atoms with Gasteiger partial charge in [0.05, 0.1) is 25.6 Å². The Hall–Kier alpha value is -2.44. The van der Waals surface area contributed by atoms with E-state index in [0.717, 1.165) is 5.69 Å². The number of carbonyl (C=O) groups is 2. The number of rotatable bonds is 3. The van der Waals surface area contributed by atoms with Crippen molar-refractivity contribution in [1.82, 2.24) is 0 Å². The molecule has 0 saturated carbocycles. The van der Waals surface area contributed by atoms with Crippen LogP contribution in [0.15, 0.2) is 18.2 Å². The summed E-state index contributed by atoms with van der Waals surface area (Å²) in [5, 5.41) is 0. The first-order chi connectivity index (χ1) is 11.2. The molecule has 7 heteroatoms. The number of benzene rings is 1.